The number of carbonyl (C=O) groups is 3. The molecule has 0 spiro atoms. The van der Waals surface area contributed by atoms with Gasteiger partial charge in [0, 0.05) is 37.0 Å². The highest BCUT2D eigenvalue weighted by molar-refractivity contribution is 7.08. The van der Waals surface area contributed by atoms with E-state index < -0.39 is 0 Å². The molecule has 2 amide bonds. The lowest BCUT2D eigenvalue weighted by molar-refractivity contribution is -0.148. The molecule has 22 heavy (non-hydrogen) atoms. The maximum atomic E-state index is 12.1. The molecule has 0 aromatic carbocycles. The molecule has 0 atom stereocenters. The van der Waals surface area contributed by atoms with Crippen LogP contribution in [0.4, 0.5) is 0 Å². The molecule has 1 aromatic heterocycles. The van der Waals surface area contributed by atoms with Gasteiger partial charge in [-0.3, -0.25) is 14.4 Å². The molecular weight excluding hydrogens is 304 g/mol. The van der Waals surface area contributed by atoms with Crippen molar-refractivity contribution in [2.24, 2.45) is 5.92 Å². The third kappa shape index (κ3) is 4.30. The molecule has 2 heterocycles. The molecule has 1 saturated heterocycles. The highest BCUT2D eigenvalue weighted by Crippen LogP contribution is 2.18. The summed E-state index contributed by atoms with van der Waals surface area (Å²) in [4.78, 5) is 37.0. The summed E-state index contributed by atoms with van der Waals surface area (Å²) in [5.74, 6) is -0.449. The number of piperidine rings is 1. The van der Waals surface area contributed by atoms with Gasteiger partial charge in [0.15, 0.2) is 0 Å². The van der Waals surface area contributed by atoms with Crippen LogP contribution in [0, 0.1) is 5.92 Å². The van der Waals surface area contributed by atoms with Crippen LogP contribution in [-0.4, -0.2) is 49.4 Å². The Morgan fingerprint density at radius 3 is 2.68 bits per heavy atom. The lowest BCUT2D eigenvalue weighted by Crippen LogP contribution is -2.41. The predicted octanol–water partition coefficient (Wildman–Crippen LogP) is 1.28. The summed E-state index contributed by atoms with van der Waals surface area (Å²) in [6.07, 6.45) is 1.55. The van der Waals surface area contributed by atoms with Crippen molar-refractivity contribution in [1.29, 1.82) is 0 Å². The van der Waals surface area contributed by atoms with Gasteiger partial charge in [-0.25, -0.2) is 0 Å². The minimum atomic E-state index is -0.199. The Hall–Kier alpha value is -1.89. The lowest BCUT2D eigenvalue weighted by Gasteiger charge is -2.30. The molecule has 0 aliphatic carbocycles. The molecule has 1 fully saturated rings. The van der Waals surface area contributed by atoms with E-state index in [9.17, 15) is 14.4 Å². The summed E-state index contributed by atoms with van der Waals surface area (Å²) in [7, 11) is 1.38. The zero-order chi connectivity index (χ0) is 15.9. The standard InChI is InChI=1S/C15H20N2O4S/c1-21-15(20)11-3-7-17(8-4-11)13(18)2-6-16-14(19)12-5-9-22-10-12/h5,9-11H,2-4,6-8H2,1H3,(H,16,19). The lowest BCUT2D eigenvalue weighted by atomic mass is 9.97. The first kappa shape index (κ1) is 16.5. The van der Waals surface area contributed by atoms with Gasteiger partial charge in [-0.15, -0.1) is 0 Å². The number of likely N-dealkylation sites (tertiary alicyclic amines) is 1. The third-order valence-corrected chi connectivity index (χ3v) is 4.47. The predicted molar refractivity (Wildman–Crippen MR) is 82.6 cm³/mol. The van der Waals surface area contributed by atoms with E-state index in [1.54, 1.807) is 16.3 Å². The number of hydrogen-bond donors (Lipinski definition) is 1. The molecule has 0 bridgehead atoms. The van der Waals surface area contributed by atoms with Crippen LogP contribution >= 0.6 is 11.3 Å². The second-order valence-electron chi connectivity index (χ2n) is 5.20. The number of methoxy groups -OCH3 is 1. The van der Waals surface area contributed by atoms with Gasteiger partial charge in [0.05, 0.1) is 13.0 Å². The van der Waals surface area contributed by atoms with Crippen molar-refractivity contribution in [2.45, 2.75) is 19.3 Å². The Kier molecular flexibility index (Phi) is 5.94. The molecule has 0 radical (unpaired) electrons. The molecule has 120 valence electrons. The highest BCUT2D eigenvalue weighted by Gasteiger charge is 2.27. The Morgan fingerprint density at radius 2 is 2.09 bits per heavy atom. The summed E-state index contributed by atoms with van der Waals surface area (Å²) in [6.45, 7) is 1.46. The van der Waals surface area contributed by atoms with Crippen LogP contribution in [0.2, 0.25) is 0 Å². The second kappa shape index (κ2) is 7.93. The normalized spacial score (nSPS) is 15.4. The number of amides is 2. The zero-order valence-electron chi connectivity index (χ0n) is 12.5. The van der Waals surface area contributed by atoms with Crippen LogP contribution in [-0.2, 0) is 14.3 Å². The van der Waals surface area contributed by atoms with Gasteiger partial charge in [0.2, 0.25) is 5.91 Å². The zero-order valence-corrected chi connectivity index (χ0v) is 13.4. The van der Waals surface area contributed by atoms with Crippen LogP contribution < -0.4 is 5.32 Å². The molecule has 1 aromatic rings. The number of carbonyl (C=O) groups excluding carboxylic acids is 3. The average molecular weight is 324 g/mol. The van der Waals surface area contributed by atoms with Gasteiger partial charge in [-0.05, 0) is 24.3 Å². The molecule has 1 aliphatic rings. The van der Waals surface area contributed by atoms with Gasteiger partial charge in [-0.2, -0.15) is 11.3 Å². The quantitative estimate of drug-likeness (QED) is 0.828. The van der Waals surface area contributed by atoms with Gasteiger partial charge in [-0.1, -0.05) is 0 Å². The van der Waals surface area contributed by atoms with Crippen molar-refractivity contribution in [2.75, 3.05) is 26.7 Å². The Morgan fingerprint density at radius 1 is 1.36 bits per heavy atom. The van der Waals surface area contributed by atoms with Crippen LogP contribution in [0.1, 0.15) is 29.6 Å². The van der Waals surface area contributed by atoms with Crippen LogP contribution in [0.3, 0.4) is 0 Å². The van der Waals surface area contributed by atoms with Crippen molar-refractivity contribution < 1.29 is 19.1 Å². The van der Waals surface area contributed by atoms with E-state index in [4.69, 9.17) is 4.74 Å². The summed E-state index contributed by atoms with van der Waals surface area (Å²) >= 11 is 1.46. The monoisotopic (exact) mass is 324 g/mol. The van der Waals surface area contributed by atoms with Crippen molar-refractivity contribution in [1.82, 2.24) is 10.2 Å². The number of esters is 1. The van der Waals surface area contributed by atoms with E-state index in [1.165, 1.54) is 18.4 Å². The summed E-state index contributed by atoms with van der Waals surface area (Å²) < 4.78 is 4.72. The minimum absolute atomic E-state index is 0.00827. The fourth-order valence-corrected chi connectivity index (χ4v) is 3.10. The average Bonchev–Trinajstić information content (AvgIpc) is 3.08. The Bertz CT molecular complexity index is 522. The molecule has 1 N–H and O–H groups in total. The molecule has 1 aliphatic heterocycles. The second-order valence-corrected chi connectivity index (χ2v) is 5.98. The van der Waals surface area contributed by atoms with E-state index in [0.29, 0.717) is 38.0 Å². The van der Waals surface area contributed by atoms with Gasteiger partial charge in [0.1, 0.15) is 0 Å². The maximum Gasteiger partial charge on any atom is 0.308 e. The first-order valence-corrected chi connectivity index (χ1v) is 8.22. The first-order chi connectivity index (χ1) is 10.6. The van der Waals surface area contributed by atoms with Crippen LogP contribution in [0.5, 0.6) is 0 Å². The molecule has 2 rings (SSSR count). The molecular formula is C15H20N2O4S. The molecule has 7 heteroatoms. The smallest absolute Gasteiger partial charge is 0.308 e. The van der Waals surface area contributed by atoms with E-state index in [-0.39, 0.29) is 30.1 Å². The molecule has 6 nitrogen and oxygen atoms in total. The van der Waals surface area contributed by atoms with Crippen molar-refractivity contribution >= 4 is 29.1 Å². The minimum Gasteiger partial charge on any atom is -0.469 e. The number of thiophene rings is 1. The number of ether oxygens (including phenoxy) is 1. The topological polar surface area (TPSA) is 75.7 Å². The highest BCUT2D eigenvalue weighted by atomic mass is 32.1. The first-order valence-electron chi connectivity index (χ1n) is 7.28. The number of nitrogens with zero attached hydrogens (tertiary/aromatic N) is 1. The largest absolute Gasteiger partial charge is 0.469 e. The molecule has 0 unspecified atom stereocenters. The summed E-state index contributed by atoms with van der Waals surface area (Å²) in [6, 6.07) is 1.75. The van der Waals surface area contributed by atoms with Gasteiger partial charge in [0.25, 0.3) is 5.91 Å². The third-order valence-electron chi connectivity index (χ3n) is 3.79. The fourth-order valence-electron chi connectivity index (χ4n) is 2.47. The van der Waals surface area contributed by atoms with Gasteiger partial charge >= 0.3 is 5.97 Å². The van der Waals surface area contributed by atoms with Gasteiger partial charge < -0.3 is 15.0 Å². The Balaban J connectivity index is 1.68. The fraction of sp³-hybridized carbons (Fsp3) is 0.533. The number of rotatable bonds is 5. The van der Waals surface area contributed by atoms with E-state index >= 15 is 0 Å². The van der Waals surface area contributed by atoms with Crippen molar-refractivity contribution in [3.05, 3.63) is 22.4 Å². The van der Waals surface area contributed by atoms with Crippen LogP contribution in [0.25, 0.3) is 0 Å². The molecule has 0 saturated carbocycles. The summed E-state index contributed by atoms with van der Waals surface area (Å²) in [5.41, 5.74) is 0.622. The van der Waals surface area contributed by atoms with E-state index in [0.717, 1.165) is 0 Å². The summed E-state index contributed by atoms with van der Waals surface area (Å²) in [5, 5.41) is 6.35. The SMILES string of the molecule is COC(=O)C1CCN(C(=O)CCNC(=O)c2ccsc2)CC1. The van der Waals surface area contributed by atoms with Crippen molar-refractivity contribution in [3.8, 4) is 0 Å². The number of nitrogens with one attached hydrogen (secondary N) is 1. The van der Waals surface area contributed by atoms with Crippen LogP contribution in [0.15, 0.2) is 16.8 Å². The number of hydrogen-bond acceptors (Lipinski definition) is 5. The Labute approximate surface area is 133 Å². The van der Waals surface area contributed by atoms with E-state index in [1.807, 2.05) is 5.38 Å². The van der Waals surface area contributed by atoms with Crippen molar-refractivity contribution in [3.63, 3.8) is 0 Å². The van der Waals surface area contributed by atoms with E-state index in [2.05, 4.69) is 5.32 Å². The maximum absolute atomic E-state index is 12.1.